The Bertz CT molecular complexity index is 599. The highest BCUT2D eigenvalue weighted by molar-refractivity contribution is 6.31. The van der Waals surface area contributed by atoms with Gasteiger partial charge in [0, 0.05) is 16.8 Å². The summed E-state index contributed by atoms with van der Waals surface area (Å²) in [6.07, 6.45) is 2.65. The maximum Gasteiger partial charge on any atom is 0.355 e. The van der Waals surface area contributed by atoms with Crippen molar-refractivity contribution in [3.05, 3.63) is 34.7 Å². The maximum atomic E-state index is 11.2. The molecule has 0 unspecified atom stereocenters. The molecule has 0 spiro atoms. The van der Waals surface area contributed by atoms with Crippen molar-refractivity contribution < 1.29 is 9.90 Å². The van der Waals surface area contributed by atoms with Gasteiger partial charge >= 0.3 is 5.97 Å². The zero-order valence-electron chi connectivity index (χ0n) is 9.98. The van der Waals surface area contributed by atoms with Gasteiger partial charge in [0.2, 0.25) is 0 Å². The van der Waals surface area contributed by atoms with Gasteiger partial charge in [0.15, 0.2) is 5.69 Å². The van der Waals surface area contributed by atoms with Crippen LogP contribution in [0.25, 0.3) is 10.9 Å². The largest absolute Gasteiger partial charge is 0.476 e. The number of benzene rings is 1. The number of hydrogen-bond donors (Lipinski definition) is 1. The molecule has 0 aliphatic carbocycles. The minimum Gasteiger partial charge on any atom is -0.476 e. The van der Waals surface area contributed by atoms with Crippen molar-refractivity contribution in [2.75, 3.05) is 0 Å². The molecule has 4 nitrogen and oxygen atoms in total. The number of rotatable bonds is 4. The van der Waals surface area contributed by atoms with E-state index in [1.54, 1.807) is 18.2 Å². The third-order valence-corrected chi connectivity index (χ3v) is 2.90. The van der Waals surface area contributed by atoms with Crippen molar-refractivity contribution in [1.82, 2.24) is 9.97 Å². The molecule has 0 saturated carbocycles. The molecule has 0 radical (unpaired) electrons. The highest BCUT2D eigenvalue weighted by Crippen LogP contribution is 2.21. The third-order valence-electron chi connectivity index (χ3n) is 2.66. The van der Waals surface area contributed by atoms with Crippen LogP contribution >= 0.6 is 11.6 Å². The van der Waals surface area contributed by atoms with Crippen molar-refractivity contribution in [3.8, 4) is 0 Å². The van der Waals surface area contributed by atoms with Crippen LogP contribution < -0.4 is 0 Å². The summed E-state index contributed by atoms with van der Waals surface area (Å²) >= 11 is 5.87. The second kappa shape index (κ2) is 5.31. The first-order valence-corrected chi connectivity index (χ1v) is 6.19. The van der Waals surface area contributed by atoms with Gasteiger partial charge in [0.05, 0.1) is 5.52 Å². The van der Waals surface area contributed by atoms with Crippen LogP contribution in [-0.2, 0) is 6.42 Å². The van der Waals surface area contributed by atoms with Crippen LogP contribution in [0.5, 0.6) is 0 Å². The fourth-order valence-corrected chi connectivity index (χ4v) is 1.93. The summed E-state index contributed by atoms with van der Waals surface area (Å²) in [6, 6.07) is 5.01. The standard InChI is InChI=1S/C13H13ClN2O2/c1-2-3-4-11-15-10-6-5-8(14)7-9(10)12(16-11)13(17)18/h5-7H,2-4H2,1H3,(H,17,18). The number of carboxylic acids is 1. The van der Waals surface area contributed by atoms with E-state index in [2.05, 4.69) is 16.9 Å². The minimum atomic E-state index is -1.05. The van der Waals surface area contributed by atoms with Crippen molar-refractivity contribution in [2.45, 2.75) is 26.2 Å². The van der Waals surface area contributed by atoms with Gasteiger partial charge in [-0.15, -0.1) is 0 Å². The Hall–Kier alpha value is -1.68. The summed E-state index contributed by atoms with van der Waals surface area (Å²) in [6.45, 7) is 2.07. The van der Waals surface area contributed by atoms with Crippen molar-refractivity contribution >= 4 is 28.5 Å². The van der Waals surface area contributed by atoms with E-state index in [9.17, 15) is 9.90 Å². The molecule has 2 aromatic rings. The number of aromatic nitrogens is 2. The topological polar surface area (TPSA) is 63.1 Å². The lowest BCUT2D eigenvalue weighted by Crippen LogP contribution is -2.07. The monoisotopic (exact) mass is 264 g/mol. The van der Waals surface area contributed by atoms with Crippen LogP contribution in [0.1, 0.15) is 36.1 Å². The zero-order chi connectivity index (χ0) is 13.1. The minimum absolute atomic E-state index is 0.0219. The number of fused-ring (bicyclic) bond motifs is 1. The van der Waals surface area contributed by atoms with Crippen molar-refractivity contribution in [3.63, 3.8) is 0 Å². The Balaban J connectivity index is 2.59. The van der Waals surface area contributed by atoms with Gasteiger partial charge in [-0.2, -0.15) is 0 Å². The normalized spacial score (nSPS) is 10.8. The van der Waals surface area contributed by atoms with Crippen LogP contribution in [0.3, 0.4) is 0 Å². The molecule has 0 aliphatic rings. The van der Waals surface area contributed by atoms with Crippen LogP contribution in [0.15, 0.2) is 18.2 Å². The van der Waals surface area contributed by atoms with Gasteiger partial charge in [-0.25, -0.2) is 14.8 Å². The van der Waals surface area contributed by atoms with Crippen LogP contribution in [0.2, 0.25) is 5.02 Å². The molecule has 2 rings (SSSR count). The van der Waals surface area contributed by atoms with Crippen molar-refractivity contribution in [1.29, 1.82) is 0 Å². The molecule has 0 aliphatic heterocycles. The second-order valence-corrected chi connectivity index (χ2v) is 4.50. The molecule has 18 heavy (non-hydrogen) atoms. The predicted octanol–water partition coefficient (Wildman–Crippen LogP) is 3.32. The average molecular weight is 265 g/mol. The van der Waals surface area contributed by atoms with E-state index >= 15 is 0 Å². The number of hydrogen-bond acceptors (Lipinski definition) is 3. The molecular formula is C13H13ClN2O2. The summed E-state index contributed by atoms with van der Waals surface area (Å²) in [5, 5.41) is 10.2. The number of unbranched alkanes of at least 4 members (excludes halogenated alkanes) is 1. The first kappa shape index (κ1) is 12.8. The van der Waals surface area contributed by atoms with E-state index in [4.69, 9.17) is 11.6 Å². The lowest BCUT2D eigenvalue weighted by atomic mass is 10.1. The Labute approximate surface area is 110 Å². The molecule has 1 heterocycles. The summed E-state index contributed by atoms with van der Waals surface area (Å²) in [4.78, 5) is 19.7. The fraction of sp³-hybridized carbons (Fsp3) is 0.308. The quantitative estimate of drug-likeness (QED) is 0.920. The Kier molecular flexibility index (Phi) is 3.77. The van der Waals surface area contributed by atoms with Gasteiger partial charge in [-0.05, 0) is 24.6 Å². The zero-order valence-corrected chi connectivity index (χ0v) is 10.7. The van der Waals surface area contributed by atoms with Crippen LogP contribution in [0, 0.1) is 0 Å². The molecule has 0 bridgehead atoms. The average Bonchev–Trinajstić information content (AvgIpc) is 2.35. The second-order valence-electron chi connectivity index (χ2n) is 4.06. The first-order valence-electron chi connectivity index (χ1n) is 5.81. The van der Waals surface area contributed by atoms with E-state index < -0.39 is 5.97 Å². The first-order chi connectivity index (χ1) is 8.61. The van der Waals surface area contributed by atoms with E-state index in [-0.39, 0.29) is 5.69 Å². The molecule has 94 valence electrons. The Morgan fingerprint density at radius 3 is 2.83 bits per heavy atom. The van der Waals surface area contributed by atoms with Gasteiger partial charge in [0.25, 0.3) is 0 Å². The maximum absolute atomic E-state index is 11.2. The summed E-state index contributed by atoms with van der Waals surface area (Å²) in [7, 11) is 0. The molecule has 0 amide bonds. The van der Waals surface area contributed by atoms with E-state index in [1.165, 1.54) is 0 Å². The molecule has 1 aromatic carbocycles. The predicted molar refractivity (Wildman–Crippen MR) is 70.1 cm³/mol. The number of carboxylic acid groups (broad SMARTS) is 1. The van der Waals surface area contributed by atoms with E-state index in [0.717, 1.165) is 12.8 Å². The molecule has 0 saturated heterocycles. The lowest BCUT2D eigenvalue weighted by Gasteiger charge is -2.05. The number of carbonyl (C=O) groups is 1. The molecular weight excluding hydrogens is 252 g/mol. The van der Waals surface area contributed by atoms with Gasteiger partial charge in [0.1, 0.15) is 5.82 Å². The Morgan fingerprint density at radius 1 is 1.39 bits per heavy atom. The third kappa shape index (κ3) is 2.59. The van der Waals surface area contributed by atoms with Gasteiger partial charge in [-0.3, -0.25) is 0 Å². The lowest BCUT2D eigenvalue weighted by molar-refractivity contribution is 0.0692. The highest BCUT2D eigenvalue weighted by Gasteiger charge is 2.13. The van der Waals surface area contributed by atoms with Crippen molar-refractivity contribution in [2.24, 2.45) is 0 Å². The molecule has 0 fully saturated rings. The van der Waals surface area contributed by atoms with Crippen LogP contribution in [0.4, 0.5) is 0 Å². The summed E-state index contributed by atoms with van der Waals surface area (Å²) < 4.78 is 0. The molecule has 0 atom stereocenters. The summed E-state index contributed by atoms with van der Waals surface area (Å²) in [5.41, 5.74) is 0.645. The number of nitrogens with zero attached hydrogens (tertiary/aromatic N) is 2. The smallest absolute Gasteiger partial charge is 0.355 e. The fourth-order valence-electron chi connectivity index (χ4n) is 1.76. The number of aryl methyl sites for hydroxylation is 1. The van der Waals surface area contributed by atoms with Crippen LogP contribution in [-0.4, -0.2) is 21.0 Å². The summed E-state index contributed by atoms with van der Waals surface area (Å²) in [5.74, 6) is -0.480. The number of halogens is 1. The molecule has 1 N–H and O–H groups in total. The number of aromatic carboxylic acids is 1. The van der Waals surface area contributed by atoms with E-state index in [0.29, 0.717) is 28.2 Å². The Morgan fingerprint density at radius 2 is 2.17 bits per heavy atom. The molecule has 5 heteroatoms. The van der Waals surface area contributed by atoms with E-state index in [1.807, 2.05) is 0 Å². The SMILES string of the molecule is CCCCc1nc(C(=O)O)c2cc(Cl)ccc2n1. The van der Waals surface area contributed by atoms with Gasteiger partial charge in [-0.1, -0.05) is 24.9 Å². The van der Waals surface area contributed by atoms with Gasteiger partial charge < -0.3 is 5.11 Å². The molecule has 1 aromatic heterocycles. The highest BCUT2D eigenvalue weighted by atomic mass is 35.5.